The van der Waals surface area contributed by atoms with Crippen molar-refractivity contribution in [2.75, 3.05) is 25.1 Å². The van der Waals surface area contributed by atoms with E-state index in [1.54, 1.807) is 13.2 Å². The van der Waals surface area contributed by atoms with Crippen LogP contribution >= 0.6 is 22.6 Å². The number of methoxy groups -OCH3 is 1. The molecule has 0 atom stereocenters. The summed E-state index contributed by atoms with van der Waals surface area (Å²) in [5, 5.41) is 0. The van der Waals surface area contributed by atoms with E-state index in [1.165, 1.54) is 6.07 Å². The zero-order valence-corrected chi connectivity index (χ0v) is 11.4. The molecule has 0 unspecified atom stereocenters. The van der Waals surface area contributed by atoms with Gasteiger partial charge in [-0.25, -0.2) is 4.39 Å². The summed E-state index contributed by atoms with van der Waals surface area (Å²) in [7, 11) is 1.74. The molecule has 1 saturated heterocycles. The van der Waals surface area contributed by atoms with Crippen molar-refractivity contribution in [1.82, 2.24) is 0 Å². The van der Waals surface area contributed by atoms with E-state index in [4.69, 9.17) is 4.74 Å². The number of benzene rings is 1. The van der Waals surface area contributed by atoms with Crippen molar-refractivity contribution in [2.45, 2.75) is 16.4 Å². The van der Waals surface area contributed by atoms with E-state index in [0.717, 1.165) is 25.9 Å². The minimum Gasteiger partial charge on any atom is -0.369 e. The van der Waals surface area contributed by atoms with Gasteiger partial charge in [0.05, 0.1) is 5.69 Å². The zero-order valence-electron chi connectivity index (χ0n) is 9.25. The van der Waals surface area contributed by atoms with Crippen molar-refractivity contribution >= 4 is 28.3 Å². The van der Waals surface area contributed by atoms with Gasteiger partial charge in [-0.15, -0.1) is 0 Å². The van der Waals surface area contributed by atoms with Gasteiger partial charge in [-0.1, -0.05) is 12.1 Å². The maximum atomic E-state index is 13.6. The molecule has 1 aromatic rings. The van der Waals surface area contributed by atoms with Crippen molar-refractivity contribution in [3.63, 3.8) is 0 Å². The fourth-order valence-electron chi connectivity index (χ4n) is 1.99. The van der Waals surface area contributed by atoms with E-state index in [-0.39, 0.29) is 9.43 Å². The lowest BCUT2D eigenvalue weighted by Crippen LogP contribution is -2.42. The molecule has 2 rings (SSSR count). The maximum absolute atomic E-state index is 13.6. The molecule has 0 N–H and O–H groups in total. The number of rotatable bonds is 2. The minimum absolute atomic E-state index is 0.0699. The average Bonchev–Trinajstić information content (AvgIpc) is 2.31. The van der Waals surface area contributed by atoms with Crippen molar-refractivity contribution in [2.24, 2.45) is 0 Å². The molecule has 1 aliphatic rings. The lowest BCUT2D eigenvalue weighted by atomic mass is 10.1. The smallest absolute Gasteiger partial charge is 0.146 e. The summed E-state index contributed by atoms with van der Waals surface area (Å²) in [5.74, 6) is -0.138. The second kappa shape index (κ2) is 4.87. The summed E-state index contributed by atoms with van der Waals surface area (Å²) in [6.45, 7) is 1.69. The molecule has 0 amide bonds. The van der Waals surface area contributed by atoms with Crippen LogP contribution in [0.25, 0.3) is 0 Å². The predicted octanol–water partition coefficient (Wildman–Crippen LogP) is 3.20. The molecule has 0 bridgehead atoms. The second-order valence-corrected chi connectivity index (χ2v) is 5.99. The first-order valence-corrected chi connectivity index (χ1v) is 6.46. The number of para-hydroxylation sites is 1. The first kappa shape index (κ1) is 12.1. The van der Waals surface area contributed by atoms with E-state index < -0.39 is 0 Å². The molecule has 0 saturated carbocycles. The molecule has 16 heavy (non-hydrogen) atoms. The van der Waals surface area contributed by atoms with Crippen LogP contribution in [0.4, 0.5) is 10.1 Å². The average molecular weight is 335 g/mol. The van der Waals surface area contributed by atoms with Crippen molar-refractivity contribution in [1.29, 1.82) is 0 Å². The molecule has 0 aliphatic carbocycles. The van der Waals surface area contributed by atoms with Gasteiger partial charge in [0, 0.05) is 33.0 Å². The normalized spacial score (nSPS) is 19.8. The Kier molecular flexibility index (Phi) is 3.69. The maximum Gasteiger partial charge on any atom is 0.146 e. The first-order chi connectivity index (χ1) is 7.64. The van der Waals surface area contributed by atoms with Crippen molar-refractivity contribution in [3.05, 3.63) is 30.1 Å². The Morgan fingerprint density at radius 2 is 1.94 bits per heavy atom. The number of alkyl halides is 1. The molecule has 0 aromatic heterocycles. The standard InChI is InChI=1S/C12H15FINO/c1-16-12(14)6-8-15(9-7-12)11-5-3-2-4-10(11)13/h2-5H,6-9H2,1H3. The zero-order chi connectivity index (χ0) is 11.6. The van der Waals surface area contributed by atoms with Gasteiger partial charge < -0.3 is 9.64 Å². The summed E-state index contributed by atoms with van der Waals surface area (Å²) in [4.78, 5) is 2.09. The molecule has 1 aliphatic heterocycles. The second-order valence-electron chi connectivity index (χ2n) is 4.03. The highest BCUT2D eigenvalue weighted by molar-refractivity contribution is 14.1. The Hall–Kier alpha value is -0.360. The summed E-state index contributed by atoms with van der Waals surface area (Å²) >= 11 is 2.35. The lowest BCUT2D eigenvalue weighted by Gasteiger charge is -2.38. The van der Waals surface area contributed by atoms with Crippen molar-refractivity contribution in [3.8, 4) is 0 Å². The van der Waals surface area contributed by atoms with Crippen LogP contribution in [0.5, 0.6) is 0 Å². The van der Waals surface area contributed by atoms with Gasteiger partial charge in [-0.05, 0) is 34.7 Å². The van der Waals surface area contributed by atoms with Crippen LogP contribution in [0.2, 0.25) is 0 Å². The van der Waals surface area contributed by atoms with Gasteiger partial charge in [-0.3, -0.25) is 0 Å². The summed E-state index contributed by atoms with van der Waals surface area (Å²) in [6, 6.07) is 6.95. The SMILES string of the molecule is COC1(I)CCN(c2ccccc2F)CC1. The van der Waals surface area contributed by atoms with Gasteiger partial charge >= 0.3 is 0 Å². The fraction of sp³-hybridized carbons (Fsp3) is 0.500. The largest absolute Gasteiger partial charge is 0.369 e. The van der Waals surface area contributed by atoms with E-state index in [2.05, 4.69) is 27.5 Å². The molecule has 0 radical (unpaired) electrons. The summed E-state index contributed by atoms with van der Waals surface area (Å²) < 4.78 is 19.0. The summed E-state index contributed by atoms with van der Waals surface area (Å²) in [5.41, 5.74) is 0.706. The molecule has 1 aromatic carbocycles. The van der Waals surface area contributed by atoms with Gasteiger partial charge in [0.2, 0.25) is 0 Å². The number of hydrogen-bond donors (Lipinski definition) is 0. The monoisotopic (exact) mass is 335 g/mol. The van der Waals surface area contributed by atoms with Crippen LogP contribution in [0.1, 0.15) is 12.8 Å². The molecule has 2 nitrogen and oxygen atoms in total. The third-order valence-corrected chi connectivity index (χ3v) is 4.59. The molecule has 1 heterocycles. The third-order valence-electron chi connectivity index (χ3n) is 3.07. The van der Waals surface area contributed by atoms with E-state index >= 15 is 0 Å². The number of ether oxygens (including phenoxy) is 1. The molecule has 1 fully saturated rings. The first-order valence-electron chi connectivity index (χ1n) is 5.38. The topological polar surface area (TPSA) is 12.5 Å². The Balaban J connectivity index is 2.07. The van der Waals surface area contributed by atoms with E-state index in [1.807, 2.05) is 12.1 Å². The van der Waals surface area contributed by atoms with Gasteiger partial charge in [0.15, 0.2) is 0 Å². The van der Waals surface area contributed by atoms with Crippen LogP contribution < -0.4 is 4.90 Å². The molecular weight excluding hydrogens is 320 g/mol. The van der Waals surface area contributed by atoms with Crippen molar-refractivity contribution < 1.29 is 9.13 Å². The van der Waals surface area contributed by atoms with Crippen LogP contribution in [0.3, 0.4) is 0 Å². The Labute approximate surface area is 109 Å². The molecule has 4 heteroatoms. The minimum atomic E-state index is -0.138. The van der Waals surface area contributed by atoms with E-state index in [9.17, 15) is 4.39 Å². The molecular formula is C12H15FINO. The molecule has 88 valence electrons. The highest BCUT2D eigenvalue weighted by atomic mass is 127. The quantitative estimate of drug-likeness (QED) is 0.608. The highest BCUT2D eigenvalue weighted by Crippen LogP contribution is 2.34. The Bertz CT molecular complexity index is 364. The summed E-state index contributed by atoms with van der Waals surface area (Å²) in [6.07, 6.45) is 1.86. The van der Waals surface area contributed by atoms with Gasteiger partial charge in [-0.2, -0.15) is 0 Å². The Morgan fingerprint density at radius 1 is 1.31 bits per heavy atom. The molecule has 0 spiro atoms. The van der Waals surface area contributed by atoms with Gasteiger partial charge in [0.25, 0.3) is 0 Å². The number of halogens is 2. The third kappa shape index (κ3) is 2.48. The number of anilines is 1. The number of piperidine rings is 1. The lowest BCUT2D eigenvalue weighted by molar-refractivity contribution is 0.0662. The predicted molar refractivity (Wildman–Crippen MR) is 71.6 cm³/mol. The Morgan fingerprint density at radius 3 is 2.50 bits per heavy atom. The van der Waals surface area contributed by atoms with Crippen LogP contribution in [-0.4, -0.2) is 23.8 Å². The highest BCUT2D eigenvalue weighted by Gasteiger charge is 2.32. The van der Waals surface area contributed by atoms with E-state index in [0.29, 0.717) is 5.69 Å². The fourth-order valence-corrected chi connectivity index (χ4v) is 2.48. The number of hydrogen-bond acceptors (Lipinski definition) is 2. The van der Waals surface area contributed by atoms with Crippen LogP contribution in [-0.2, 0) is 4.74 Å². The van der Waals surface area contributed by atoms with Crippen LogP contribution in [0.15, 0.2) is 24.3 Å². The van der Waals surface area contributed by atoms with Gasteiger partial charge in [0.1, 0.15) is 9.43 Å². The van der Waals surface area contributed by atoms with Crippen LogP contribution in [0, 0.1) is 5.82 Å². The number of nitrogens with zero attached hydrogens (tertiary/aromatic N) is 1.